The highest BCUT2D eigenvalue weighted by Gasteiger charge is 2.27. The standard InChI is InChI=1S/C29H37N3O3/c1-4-16-34-21-26(33)19-31(17-22(2)3)20-27-28(24-11-6-5-7-12-24)30-35-29(27)32-15-14-23-10-8-9-13-25(23)18-32/h4-13,22,26,33H,1,14-21H2,2-3H3/t26-/m0/s1. The van der Waals surface area contributed by atoms with Crippen LogP contribution in [-0.2, 0) is 24.2 Å². The number of fused-ring (bicyclic) bond motifs is 1. The maximum Gasteiger partial charge on any atom is 0.232 e. The SMILES string of the molecule is C=CCOC[C@@H](O)CN(Cc1c(-c2ccccc2)noc1N1CCc2ccccc2C1)CC(C)C. The Hall–Kier alpha value is -2.93. The fourth-order valence-electron chi connectivity index (χ4n) is 4.77. The molecule has 0 radical (unpaired) electrons. The minimum Gasteiger partial charge on any atom is -0.389 e. The molecule has 0 saturated carbocycles. The Labute approximate surface area is 208 Å². The maximum atomic E-state index is 10.7. The van der Waals surface area contributed by atoms with E-state index < -0.39 is 6.10 Å². The Balaban J connectivity index is 1.62. The zero-order valence-corrected chi connectivity index (χ0v) is 20.9. The van der Waals surface area contributed by atoms with Crippen LogP contribution in [0.4, 0.5) is 5.88 Å². The molecule has 0 aliphatic carbocycles. The Kier molecular flexibility index (Phi) is 8.74. The summed E-state index contributed by atoms with van der Waals surface area (Å²) in [7, 11) is 0. The van der Waals surface area contributed by atoms with E-state index in [4.69, 9.17) is 9.26 Å². The van der Waals surface area contributed by atoms with Gasteiger partial charge in [-0.2, -0.15) is 0 Å². The molecule has 0 amide bonds. The van der Waals surface area contributed by atoms with E-state index in [0.717, 1.165) is 48.8 Å². The van der Waals surface area contributed by atoms with E-state index in [2.05, 4.69) is 71.8 Å². The fraction of sp³-hybridized carbons (Fsp3) is 0.414. The van der Waals surface area contributed by atoms with E-state index in [0.29, 0.717) is 25.6 Å². The number of ether oxygens (including phenoxy) is 1. The van der Waals surface area contributed by atoms with Crippen LogP contribution in [0.25, 0.3) is 11.3 Å². The quantitative estimate of drug-likeness (QED) is 0.296. The van der Waals surface area contributed by atoms with Crippen molar-refractivity contribution in [3.63, 3.8) is 0 Å². The lowest BCUT2D eigenvalue weighted by atomic mass is 9.99. The molecule has 0 bridgehead atoms. The molecule has 1 atom stereocenters. The smallest absolute Gasteiger partial charge is 0.232 e. The summed E-state index contributed by atoms with van der Waals surface area (Å²) in [6, 6.07) is 18.8. The maximum absolute atomic E-state index is 10.7. The lowest BCUT2D eigenvalue weighted by Gasteiger charge is -2.31. The number of hydrogen-bond donors (Lipinski definition) is 1. The van der Waals surface area contributed by atoms with Crippen molar-refractivity contribution in [1.29, 1.82) is 0 Å². The van der Waals surface area contributed by atoms with Gasteiger partial charge in [0.15, 0.2) is 0 Å². The van der Waals surface area contributed by atoms with Crippen LogP contribution in [0.2, 0.25) is 0 Å². The number of anilines is 1. The summed E-state index contributed by atoms with van der Waals surface area (Å²) in [5.41, 5.74) is 5.70. The first-order chi connectivity index (χ1) is 17.0. The van der Waals surface area contributed by atoms with E-state index in [9.17, 15) is 5.11 Å². The van der Waals surface area contributed by atoms with Gasteiger partial charge in [-0.1, -0.05) is 79.7 Å². The Morgan fingerprint density at radius 3 is 2.60 bits per heavy atom. The number of aliphatic hydroxyl groups is 1. The predicted octanol–water partition coefficient (Wildman–Crippen LogP) is 4.93. The number of rotatable bonds is 12. The number of aromatic nitrogens is 1. The second kappa shape index (κ2) is 12.2. The van der Waals surface area contributed by atoms with Crippen molar-refractivity contribution in [1.82, 2.24) is 10.1 Å². The summed E-state index contributed by atoms with van der Waals surface area (Å²) in [6.07, 6.45) is 2.09. The highest BCUT2D eigenvalue weighted by molar-refractivity contribution is 5.68. The van der Waals surface area contributed by atoms with Gasteiger partial charge in [0.2, 0.25) is 5.88 Å². The summed E-state index contributed by atoms with van der Waals surface area (Å²) < 4.78 is 11.5. The molecule has 186 valence electrons. The van der Waals surface area contributed by atoms with E-state index in [1.165, 1.54) is 11.1 Å². The minimum atomic E-state index is -0.584. The summed E-state index contributed by atoms with van der Waals surface area (Å²) in [5, 5.41) is 15.2. The Morgan fingerprint density at radius 1 is 1.11 bits per heavy atom. The molecule has 1 aliphatic heterocycles. The van der Waals surface area contributed by atoms with Crippen LogP contribution in [0.15, 0.2) is 71.8 Å². The summed E-state index contributed by atoms with van der Waals surface area (Å²) in [4.78, 5) is 4.58. The van der Waals surface area contributed by atoms with E-state index in [1.807, 2.05) is 18.2 Å². The van der Waals surface area contributed by atoms with Crippen LogP contribution in [-0.4, -0.2) is 54.1 Å². The highest BCUT2D eigenvalue weighted by Crippen LogP contribution is 2.35. The first-order valence-electron chi connectivity index (χ1n) is 12.5. The third-order valence-electron chi connectivity index (χ3n) is 6.25. The topological polar surface area (TPSA) is 62.0 Å². The van der Waals surface area contributed by atoms with Gasteiger partial charge in [-0.25, -0.2) is 0 Å². The zero-order valence-electron chi connectivity index (χ0n) is 20.9. The first-order valence-corrected chi connectivity index (χ1v) is 12.5. The molecule has 1 aromatic heterocycles. The van der Waals surface area contributed by atoms with E-state index >= 15 is 0 Å². The van der Waals surface area contributed by atoms with Crippen LogP contribution in [0.3, 0.4) is 0 Å². The van der Waals surface area contributed by atoms with Gasteiger partial charge < -0.3 is 19.3 Å². The van der Waals surface area contributed by atoms with Crippen molar-refractivity contribution >= 4 is 5.88 Å². The van der Waals surface area contributed by atoms with E-state index in [1.54, 1.807) is 6.08 Å². The number of hydrogen-bond acceptors (Lipinski definition) is 6. The van der Waals surface area contributed by atoms with Gasteiger partial charge >= 0.3 is 0 Å². The van der Waals surface area contributed by atoms with Crippen molar-refractivity contribution in [2.24, 2.45) is 5.92 Å². The van der Waals surface area contributed by atoms with Crippen molar-refractivity contribution in [3.05, 3.63) is 83.9 Å². The molecule has 0 spiro atoms. The lowest BCUT2D eigenvalue weighted by molar-refractivity contribution is 0.0223. The van der Waals surface area contributed by atoms with Crippen molar-refractivity contribution in [2.45, 2.75) is 39.5 Å². The van der Waals surface area contributed by atoms with Gasteiger partial charge in [-0.05, 0) is 23.5 Å². The predicted molar refractivity (Wildman–Crippen MR) is 140 cm³/mol. The van der Waals surface area contributed by atoms with Gasteiger partial charge in [0.25, 0.3) is 0 Å². The lowest BCUT2D eigenvalue weighted by Crippen LogP contribution is -2.37. The second-order valence-corrected chi connectivity index (χ2v) is 9.69. The molecule has 35 heavy (non-hydrogen) atoms. The van der Waals surface area contributed by atoms with Crippen LogP contribution in [0, 0.1) is 5.92 Å². The molecule has 6 nitrogen and oxygen atoms in total. The van der Waals surface area contributed by atoms with E-state index in [-0.39, 0.29) is 6.61 Å². The molecule has 1 N–H and O–H groups in total. The number of aliphatic hydroxyl groups excluding tert-OH is 1. The normalized spacial score (nSPS) is 14.4. The minimum absolute atomic E-state index is 0.283. The molecule has 0 unspecified atom stereocenters. The summed E-state index contributed by atoms with van der Waals surface area (Å²) in [6.45, 7) is 12.5. The van der Waals surface area contributed by atoms with Crippen LogP contribution >= 0.6 is 0 Å². The van der Waals surface area contributed by atoms with Gasteiger partial charge in [-0.15, -0.1) is 6.58 Å². The third kappa shape index (κ3) is 6.60. The van der Waals surface area contributed by atoms with Crippen molar-refractivity contribution in [3.8, 4) is 11.3 Å². The van der Waals surface area contributed by atoms with Crippen LogP contribution in [0.1, 0.15) is 30.5 Å². The van der Waals surface area contributed by atoms with Gasteiger partial charge in [0, 0.05) is 38.3 Å². The number of benzene rings is 2. The highest BCUT2D eigenvalue weighted by atomic mass is 16.5. The molecule has 4 rings (SSSR count). The monoisotopic (exact) mass is 475 g/mol. The van der Waals surface area contributed by atoms with Crippen molar-refractivity contribution in [2.75, 3.05) is 37.7 Å². The molecular weight excluding hydrogens is 438 g/mol. The third-order valence-corrected chi connectivity index (χ3v) is 6.25. The van der Waals surface area contributed by atoms with Crippen LogP contribution in [0.5, 0.6) is 0 Å². The molecule has 6 heteroatoms. The molecule has 2 aromatic carbocycles. The van der Waals surface area contributed by atoms with Crippen molar-refractivity contribution < 1.29 is 14.4 Å². The average molecular weight is 476 g/mol. The first kappa shape index (κ1) is 25.2. The zero-order chi connectivity index (χ0) is 24.6. The molecule has 1 aliphatic rings. The number of nitrogens with zero attached hydrogens (tertiary/aromatic N) is 3. The van der Waals surface area contributed by atoms with Crippen LogP contribution < -0.4 is 4.90 Å². The second-order valence-electron chi connectivity index (χ2n) is 9.69. The molecule has 2 heterocycles. The summed E-state index contributed by atoms with van der Waals surface area (Å²) >= 11 is 0. The van der Waals surface area contributed by atoms with Gasteiger partial charge in [0.05, 0.1) is 24.9 Å². The Morgan fingerprint density at radius 2 is 1.86 bits per heavy atom. The average Bonchev–Trinajstić information content (AvgIpc) is 3.27. The molecule has 0 saturated heterocycles. The largest absolute Gasteiger partial charge is 0.389 e. The fourth-order valence-corrected chi connectivity index (χ4v) is 4.77. The van der Waals surface area contributed by atoms with Gasteiger partial charge in [-0.3, -0.25) is 4.90 Å². The Bertz CT molecular complexity index is 1080. The summed E-state index contributed by atoms with van der Waals surface area (Å²) in [5.74, 6) is 1.27. The molecule has 3 aromatic rings. The molecular formula is C29H37N3O3. The van der Waals surface area contributed by atoms with Gasteiger partial charge in [0.1, 0.15) is 5.69 Å². The molecule has 0 fully saturated rings.